The number of hydrogen-bond donors (Lipinski definition) is 1. The number of hydrogen-bond acceptors (Lipinski definition) is 3. The van der Waals surface area contributed by atoms with E-state index < -0.39 is 27.8 Å². The van der Waals surface area contributed by atoms with Gasteiger partial charge in [0.2, 0.25) is 15.9 Å². The molecule has 1 amide bonds. The Balaban J connectivity index is 1.72. The van der Waals surface area contributed by atoms with Gasteiger partial charge in [-0.25, -0.2) is 12.8 Å². The molecule has 31 heavy (non-hydrogen) atoms. The van der Waals surface area contributed by atoms with Crippen molar-refractivity contribution in [3.05, 3.63) is 94.3 Å². The van der Waals surface area contributed by atoms with Gasteiger partial charge in [-0.15, -0.1) is 0 Å². The summed E-state index contributed by atoms with van der Waals surface area (Å²) in [6.45, 7) is 1.94. The van der Waals surface area contributed by atoms with Gasteiger partial charge < -0.3 is 5.32 Å². The number of benzene rings is 3. The molecule has 0 fully saturated rings. The van der Waals surface area contributed by atoms with Crippen LogP contribution in [0.3, 0.4) is 0 Å². The van der Waals surface area contributed by atoms with Crippen LogP contribution in [-0.4, -0.2) is 24.7 Å². The Morgan fingerprint density at radius 3 is 2.42 bits per heavy atom. The second kappa shape index (κ2) is 8.42. The molecule has 0 spiro atoms. The van der Waals surface area contributed by atoms with Gasteiger partial charge in [-0.2, -0.15) is 4.31 Å². The van der Waals surface area contributed by atoms with E-state index in [0.29, 0.717) is 0 Å². The predicted octanol–water partition coefficient (Wildman–Crippen LogP) is 4.54. The Morgan fingerprint density at radius 2 is 1.74 bits per heavy atom. The summed E-state index contributed by atoms with van der Waals surface area (Å²) in [5.74, 6) is -1.06. The van der Waals surface area contributed by atoms with Gasteiger partial charge in [-0.05, 0) is 54.8 Å². The zero-order chi connectivity index (χ0) is 22.2. The lowest BCUT2D eigenvalue weighted by Crippen LogP contribution is -2.50. The molecule has 3 aromatic carbocycles. The molecular formula is C23H20ClFN2O3S. The minimum absolute atomic E-state index is 0.0394. The van der Waals surface area contributed by atoms with Crippen LogP contribution in [0.2, 0.25) is 5.02 Å². The number of aryl methyl sites for hydroxylation is 1. The monoisotopic (exact) mass is 458 g/mol. The first-order chi connectivity index (χ1) is 14.8. The molecule has 1 unspecified atom stereocenters. The van der Waals surface area contributed by atoms with Crippen LogP contribution in [0, 0.1) is 12.7 Å². The van der Waals surface area contributed by atoms with E-state index in [0.717, 1.165) is 22.8 Å². The van der Waals surface area contributed by atoms with Gasteiger partial charge in [-0.1, -0.05) is 53.6 Å². The Kier molecular flexibility index (Phi) is 5.83. The van der Waals surface area contributed by atoms with Gasteiger partial charge in [0.15, 0.2) is 0 Å². The van der Waals surface area contributed by atoms with Crippen LogP contribution in [-0.2, 0) is 27.8 Å². The van der Waals surface area contributed by atoms with Crippen molar-refractivity contribution in [2.45, 2.75) is 30.8 Å². The fourth-order valence-electron chi connectivity index (χ4n) is 3.63. The third kappa shape index (κ3) is 4.35. The van der Waals surface area contributed by atoms with Crippen molar-refractivity contribution in [1.29, 1.82) is 0 Å². The fraction of sp³-hybridized carbons (Fsp3) is 0.174. The highest BCUT2D eigenvalue weighted by Gasteiger charge is 2.39. The number of carbonyl (C=O) groups is 1. The third-order valence-corrected chi connectivity index (χ3v) is 7.51. The molecule has 1 heterocycles. The topological polar surface area (TPSA) is 66.5 Å². The maximum Gasteiger partial charge on any atom is 0.244 e. The summed E-state index contributed by atoms with van der Waals surface area (Å²) in [6, 6.07) is 16.6. The maximum atomic E-state index is 13.5. The van der Waals surface area contributed by atoms with E-state index >= 15 is 0 Å². The number of fused-ring (bicyclic) bond motifs is 1. The quantitative estimate of drug-likeness (QED) is 0.624. The average Bonchev–Trinajstić information content (AvgIpc) is 2.75. The smallest absolute Gasteiger partial charge is 0.244 e. The normalized spacial score (nSPS) is 16.5. The van der Waals surface area contributed by atoms with Crippen LogP contribution in [0.5, 0.6) is 0 Å². The molecule has 1 N–H and O–H groups in total. The molecule has 0 radical (unpaired) electrons. The number of carbonyl (C=O) groups excluding carboxylic acids is 1. The number of amides is 1. The largest absolute Gasteiger partial charge is 0.323 e. The lowest BCUT2D eigenvalue weighted by atomic mass is 9.95. The van der Waals surface area contributed by atoms with Gasteiger partial charge in [0, 0.05) is 6.54 Å². The molecule has 0 aromatic heterocycles. The van der Waals surface area contributed by atoms with Crippen molar-refractivity contribution in [1.82, 2.24) is 4.31 Å². The Hall–Kier alpha value is -2.74. The second-order valence-corrected chi connectivity index (χ2v) is 9.76. The van der Waals surface area contributed by atoms with E-state index in [4.69, 9.17) is 11.6 Å². The first kappa shape index (κ1) is 21.5. The van der Waals surface area contributed by atoms with Crippen molar-refractivity contribution >= 4 is 33.2 Å². The molecule has 1 aliphatic heterocycles. The lowest BCUT2D eigenvalue weighted by Gasteiger charge is -2.35. The maximum absolute atomic E-state index is 13.5. The molecule has 1 aliphatic rings. The zero-order valence-corrected chi connectivity index (χ0v) is 18.3. The number of nitrogens with one attached hydrogen (secondary N) is 1. The van der Waals surface area contributed by atoms with Crippen LogP contribution in [0.25, 0.3) is 0 Å². The standard InChI is InChI=1S/C23H20ClFN2O3S/c1-15-6-9-19(10-7-15)31(29,30)27-14-17-5-3-2-4-16(17)12-22(27)23(28)26-21-11-8-18(25)13-20(21)24/h2-11,13,22H,12,14H2,1H3,(H,26,28). The van der Waals surface area contributed by atoms with E-state index in [2.05, 4.69) is 5.32 Å². The van der Waals surface area contributed by atoms with Gasteiger partial charge in [0.25, 0.3) is 0 Å². The highest BCUT2D eigenvalue weighted by Crippen LogP contribution is 2.31. The van der Waals surface area contributed by atoms with Crippen molar-refractivity contribution < 1.29 is 17.6 Å². The molecule has 4 rings (SSSR count). The summed E-state index contributed by atoms with van der Waals surface area (Å²) in [5.41, 5.74) is 2.91. The Bertz CT molecular complexity index is 1250. The van der Waals surface area contributed by atoms with E-state index in [1.54, 1.807) is 12.1 Å². The summed E-state index contributed by atoms with van der Waals surface area (Å²) in [4.78, 5) is 13.3. The minimum atomic E-state index is -3.95. The van der Waals surface area contributed by atoms with Crippen LogP contribution < -0.4 is 5.32 Å². The molecule has 5 nitrogen and oxygen atoms in total. The minimum Gasteiger partial charge on any atom is -0.323 e. The molecule has 0 aliphatic carbocycles. The van der Waals surface area contributed by atoms with Crippen molar-refractivity contribution in [2.24, 2.45) is 0 Å². The summed E-state index contributed by atoms with van der Waals surface area (Å²) in [5, 5.41) is 2.70. The van der Waals surface area contributed by atoms with E-state index in [9.17, 15) is 17.6 Å². The zero-order valence-electron chi connectivity index (χ0n) is 16.7. The SMILES string of the molecule is Cc1ccc(S(=O)(=O)N2Cc3ccccc3CC2C(=O)Nc2ccc(F)cc2Cl)cc1. The van der Waals surface area contributed by atoms with Gasteiger partial charge in [-0.3, -0.25) is 4.79 Å². The number of rotatable bonds is 4. The van der Waals surface area contributed by atoms with Gasteiger partial charge >= 0.3 is 0 Å². The molecule has 3 aromatic rings. The number of anilines is 1. The predicted molar refractivity (Wildman–Crippen MR) is 118 cm³/mol. The Morgan fingerprint density at radius 1 is 1.06 bits per heavy atom. The van der Waals surface area contributed by atoms with E-state index in [1.807, 2.05) is 31.2 Å². The van der Waals surface area contributed by atoms with Crippen molar-refractivity contribution in [3.63, 3.8) is 0 Å². The molecule has 0 saturated heterocycles. The average molecular weight is 459 g/mol. The molecule has 1 atom stereocenters. The first-order valence-electron chi connectivity index (χ1n) is 9.67. The summed E-state index contributed by atoms with van der Waals surface area (Å²) >= 11 is 6.04. The lowest BCUT2D eigenvalue weighted by molar-refractivity contribution is -0.120. The highest BCUT2D eigenvalue weighted by molar-refractivity contribution is 7.89. The second-order valence-electron chi connectivity index (χ2n) is 7.47. The highest BCUT2D eigenvalue weighted by atomic mass is 35.5. The van der Waals surface area contributed by atoms with E-state index in [-0.39, 0.29) is 28.6 Å². The summed E-state index contributed by atoms with van der Waals surface area (Å²) in [6.07, 6.45) is 0.214. The molecule has 8 heteroatoms. The van der Waals surface area contributed by atoms with Crippen molar-refractivity contribution in [2.75, 3.05) is 5.32 Å². The van der Waals surface area contributed by atoms with E-state index in [1.165, 1.54) is 28.6 Å². The van der Waals surface area contributed by atoms with Crippen LogP contribution in [0.15, 0.2) is 71.6 Å². The first-order valence-corrected chi connectivity index (χ1v) is 11.5. The molecular weight excluding hydrogens is 439 g/mol. The van der Waals surface area contributed by atoms with Gasteiger partial charge in [0.1, 0.15) is 11.9 Å². The van der Waals surface area contributed by atoms with Crippen LogP contribution in [0.4, 0.5) is 10.1 Å². The van der Waals surface area contributed by atoms with Crippen LogP contribution >= 0.6 is 11.6 Å². The van der Waals surface area contributed by atoms with Gasteiger partial charge in [0.05, 0.1) is 15.6 Å². The number of nitrogens with zero attached hydrogens (tertiary/aromatic N) is 1. The molecule has 0 saturated carbocycles. The Labute approximate surface area is 185 Å². The molecule has 160 valence electrons. The summed E-state index contributed by atoms with van der Waals surface area (Å²) < 4.78 is 41.5. The van der Waals surface area contributed by atoms with Crippen molar-refractivity contribution in [3.8, 4) is 0 Å². The fourth-order valence-corrected chi connectivity index (χ4v) is 5.41. The number of halogens is 2. The van der Waals surface area contributed by atoms with Crippen LogP contribution in [0.1, 0.15) is 16.7 Å². The summed E-state index contributed by atoms with van der Waals surface area (Å²) in [7, 11) is -3.95. The number of sulfonamides is 1. The molecule has 0 bridgehead atoms. The third-order valence-electron chi connectivity index (χ3n) is 5.32.